The number of rotatable bonds is 7. The Kier molecular flexibility index (Phi) is 7.64. The van der Waals surface area contributed by atoms with E-state index in [0.717, 1.165) is 11.1 Å². The van der Waals surface area contributed by atoms with Crippen LogP contribution in [0.3, 0.4) is 0 Å². The first kappa shape index (κ1) is 24.6. The van der Waals surface area contributed by atoms with E-state index in [0.29, 0.717) is 17.9 Å². The number of aliphatic hydroxyl groups excluding tert-OH is 1. The van der Waals surface area contributed by atoms with Gasteiger partial charge in [0.2, 0.25) is 0 Å². The van der Waals surface area contributed by atoms with Crippen LogP contribution in [0.4, 0.5) is 4.79 Å². The van der Waals surface area contributed by atoms with Crippen molar-refractivity contribution in [3.63, 3.8) is 0 Å². The van der Waals surface area contributed by atoms with Gasteiger partial charge in [0.25, 0.3) is 0 Å². The molecule has 0 radical (unpaired) electrons. The van der Waals surface area contributed by atoms with Crippen molar-refractivity contribution in [2.75, 3.05) is 13.2 Å². The molecular weight excluding hydrogens is 422 g/mol. The lowest BCUT2D eigenvalue weighted by Crippen LogP contribution is -2.45. The van der Waals surface area contributed by atoms with Gasteiger partial charge in [0.15, 0.2) is 23.4 Å². The Bertz CT molecular complexity index is 968. The van der Waals surface area contributed by atoms with Crippen molar-refractivity contribution in [2.24, 2.45) is 0 Å². The molecular formula is C26H33NO6. The van der Waals surface area contributed by atoms with Crippen LogP contribution < -0.4 is 9.47 Å². The highest BCUT2D eigenvalue weighted by molar-refractivity contribution is 5.81. The van der Waals surface area contributed by atoms with Crippen LogP contribution in [0.1, 0.15) is 51.8 Å². The third-order valence-electron chi connectivity index (χ3n) is 5.37. The Balaban J connectivity index is 1.76. The van der Waals surface area contributed by atoms with Crippen molar-refractivity contribution in [1.29, 1.82) is 0 Å². The zero-order valence-electron chi connectivity index (χ0n) is 19.9. The van der Waals surface area contributed by atoms with Crippen LogP contribution in [-0.4, -0.2) is 52.8 Å². The molecule has 0 spiro atoms. The van der Waals surface area contributed by atoms with E-state index in [1.54, 1.807) is 11.0 Å². The van der Waals surface area contributed by atoms with E-state index in [1.165, 1.54) is 6.92 Å². The Morgan fingerprint density at radius 1 is 1.15 bits per heavy atom. The molecule has 2 aromatic carbocycles. The molecule has 1 amide bonds. The molecule has 1 heterocycles. The Morgan fingerprint density at radius 2 is 1.85 bits per heavy atom. The molecule has 178 valence electrons. The largest absolute Gasteiger partial charge is 0.485 e. The van der Waals surface area contributed by atoms with Gasteiger partial charge in [-0.1, -0.05) is 36.4 Å². The van der Waals surface area contributed by atoms with Crippen molar-refractivity contribution in [3.8, 4) is 11.5 Å². The smallest absolute Gasteiger partial charge is 0.410 e. The zero-order chi connectivity index (χ0) is 24.2. The van der Waals surface area contributed by atoms with E-state index in [-0.39, 0.29) is 25.0 Å². The summed E-state index contributed by atoms with van der Waals surface area (Å²) in [7, 11) is 0. The minimum absolute atomic E-state index is 0.0803. The molecule has 0 unspecified atom stereocenters. The predicted octanol–water partition coefficient (Wildman–Crippen LogP) is 4.32. The van der Waals surface area contributed by atoms with E-state index in [9.17, 15) is 14.7 Å². The Morgan fingerprint density at radius 3 is 2.48 bits per heavy atom. The van der Waals surface area contributed by atoms with Crippen molar-refractivity contribution < 1.29 is 28.9 Å². The molecule has 2 aromatic rings. The fourth-order valence-corrected chi connectivity index (χ4v) is 3.62. The van der Waals surface area contributed by atoms with Gasteiger partial charge in [-0.3, -0.25) is 4.79 Å². The molecule has 33 heavy (non-hydrogen) atoms. The number of ether oxygens (including phenoxy) is 3. The van der Waals surface area contributed by atoms with Crippen molar-refractivity contribution in [2.45, 2.75) is 64.9 Å². The van der Waals surface area contributed by atoms with E-state index in [2.05, 4.69) is 0 Å². The zero-order valence-corrected chi connectivity index (χ0v) is 19.9. The van der Waals surface area contributed by atoms with Crippen molar-refractivity contribution >= 4 is 11.9 Å². The second kappa shape index (κ2) is 10.3. The van der Waals surface area contributed by atoms with Crippen LogP contribution >= 0.6 is 0 Å². The van der Waals surface area contributed by atoms with Crippen molar-refractivity contribution in [3.05, 3.63) is 59.7 Å². The summed E-state index contributed by atoms with van der Waals surface area (Å²) in [5, 5.41) is 10.8. The minimum Gasteiger partial charge on any atom is -0.485 e. The summed E-state index contributed by atoms with van der Waals surface area (Å²) in [6.45, 7) is 9.12. The molecule has 3 rings (SSSR count). The monoisotopic (exact) mass is 455 g/mol. The van der Waals surface area contributed by atoms with Crippen LogP contribution in [0.25, 0.3) is 0 Å². The molecule has 0 aromatic heterocycles. The average molecular weight is 456 g/mol. The summed E-state index contributed by atoms with van der Waals surface area (Å²) in [4.78, 5) is 26.1. The second-order valence-corrected chi connectivity index (χ2v) is 9.42. The number of benzene rings is 2. The van der Waals surface area contributed by atoms with Gasteiger partial charge in [-0.15, -0.1) is 0 Å². The van der Waals surface area contributed by atoms with Crippen LogP contribution in [0.15, 0.2) is 48.5 Å². The first-order valence-electron chi connectivity index (χ1n) is 11.2. The number of hydrogen-bond acceptors (Lipinski definition) is 6. The summed E-state index contributed by atoms with van der Waals surface area (Å²) < 4.78 is 17.0. The van der Waals surface area contributed by atoms with Crippen LogP contribution in [-0.2, 0) is 16.0 Å². The Labute approximate surface area is 195 Å². The summed E-state index contributed by atoms with van der Waals surface area (Å²) in [5.74, 6) is 1.02. The van der Waals surface area contributed by atoms with Gasteiger partial charge in [0.1, 0.15) is 12.2 Å². The molecule has 0 saturated carbocycles. The molecule has 1 aliphatic rings. The highest BCUT2D eigenvalue weighted by Gasteiger charge is 2.29. The fraction of sp³-hybridized carbons (Fsp3) is 0.462. The number of Topliss-reactive ketones (excluding diaryl/α,β-unsaturated/α-hetero) is 1. The van der Waals surface area contributed by atoms with E-state index in [4.69, 9.17) is 14.2 Å². The molecule has 0 bridgehead atoms. The molecule has 7 heteroatoms. The third-order valence-corrected chi connectivity index (χ3v) is 5.37. The molecule has 0 fully saturated rings. The highest BCUT2D eigenvalue weighted by Crippen LogP contribution is 2.33. The summed E-state index contributed by atoms with van der Waals surface area (Å²) in [6.07, 6.45) is -1.39. The molecule has 1 N–H and O–H groups in total. The summed E-state index contributed by atoms with van der Waals surface area (Å²) in [6, 6.07) is 14.5. The topological polar surface area (TPSA) is 85.3 Å². The first-order valence-corrected chi connectivity index (χ1v) is 11.2. The first-order chi connectivity index (χ1) is 15.5. The number of ketones is 1. The summed E-state index contributed by atoms with van der Waals surface area (Å²) >= 11 is 0. The molecule has 1 aliphatic heterocycles. The van der Waals surface area contributed by atoms with Gasteiger partial charge in [-0.05, 0) is 64.3 Å². The minimum atomic E-state index is -0.843. The molecule has 0 saturated heterocycles. The molecule has 0 aliphatic carbocycles. The molecule has 7 nitrogen and oxygen atoms in total. The predicted molar refractivity (Wildman–Crippen MR) is 125 cm³/mol. The number of carbonyl (C=O) groups is 2. The van der Waals surface area contributed by atoms with Gasteiger partial charge in [-0.2, -0.15) is 0 Å². The summed E-state index contributed by atoms with van der Waals surface area (Å²) in [5.41, 5.74) is 1.02. The normalized spacial score (nSPS) is 17.1. The third kappa shape index (κ3) is 6.71. The van der Waals surface area contributed by atoms with Crippen LogP contribution in [0, 0.1) is 0 Å². The van der Waals surface area contributed by atoms with Gasteiger partial charge < -0.3 is 24.2 Å². The van der Waals surface area contributed by atoms with Gasteiger partial charge in [0, 0.05) is 6.04 Å². The number of fused-ring (bicyclic) bond motifs is 1. The van der Waals surface area contributed by atoms with E-state index < -0.39 is 23.9 Å². The standard InChI is InChI=1S/C26H33NO6/c1-17(13-19-11-12-22-23(14-19)31-16-24(32-22)18(2)28)27(25(30)33-26(3,4)5)15-21(29)20-9-7-6-8-10-20/h6-12,14,17,21,24,29H,13,15-16H2,1-5H3/t17-,21-,24-/m1/s1. The lowest BCUT2D eigenvalue weighted by molar-refractivity contribution is -0.125. The molecule has 3 atom stereocenters. The fourth-order valence-electron chi connectivity index (χ4n) is 3.62. The number of hydrogen-bond donors (Lipinski definition) is 1. The average Bonchev–Trinajstić information content (AvgIpc) is 2.76. The van der Waals surface area contributed by atoms with Crippen LogP contribution in [0.2, 0.25) is 0 Å². The number of aliphatic hydroxyl groups is 1. The number of nitrogens with zero attached hydrogens (tertiary/aromatic N) is 1. The van der Waals surface area contributed by atoms with Gasteiger partial charge in [0.05, 0.1) is 12.6 Å². The number of carbonyl (C=O) groups excluding carboxylic acids is 2. The second-order valence-electron chi connectivity index (χ2n) is 9.42. The van der Waals surface area contributed by atoms with E-state index >= 15 is 0 Å². The van der Waals surface area contributed by atoms with Crippen LogP contribution in [0.5, 0.6) is 11.5 Å². The number of amides is 1. The van der Waals surface area contributed by atoms with Crippen molar-refractivity contribution in [1.82, 2.24) is 4.90 Å². The quantitative estimate of drug-likeness (QED) is 0.669. The lowest BCUT2D eigenvalue weighted by Gasteiger charge is -2.33. The highest BCUT2D eigenvalue weighted by atomic mass is 16.6. The Hall–Kier alpha value is -3.06. The lowest BCUT2D eigenvalue weighted by atomic mass is 10.0. The maximum atomic E-state index is 13.0. The van der Waals surface area contributed by atoms with Gasteiger partial charge >= 0.3 is 6.09 Å². The SMILES string of the molecule is CC(=O)[C@H]1COc2cc(C[C@@H](C)N(C[C@@H](O)c3ccccc3)C(=O)OC(C)(C)C)ccc2O1. The maximum Gasteiger partial charge on any atom is 0.410 e. The van der Waals surface area contributed by atoms with E-state index in [1.807, 2.05) is 70.2 Å². The van der Waals surface area contributed by atoms with Gasteiger partial charge in [-0.25, -0.2) is 4.79 Å². The maximum absolute atomic E-state index is 13.0.